The number of ether oxygens (including phenoxy) is 2. The second-order valence-electron chi connectivity index (χ2n) is 6.58. The minimum atomic E-state index is -0.0395. The van der Waals surface area contributed by atoms with Gasteiger partial charge in [-0.3, -0.25) is 4.99 Å². The molecule has 7 heteroatoms. The number of hydrogen-bond acceptors (Lipinski definition) is 4. The minimum Gasteiger partial charge on any atom is -0.396 e. The number of hydrogen-bond donors (Lipinski definition) is 3. The molecule has 26 heavy (non-hydrogen) atoms. The molecule has 0 amide bonds. The fourth-order valence-electron chi connectivity index (χ4n) is 2.89. The van der Waals surface area contributed by atoms with E-state index in [1.807, 2.05) is 31.2 Å². The first-order valence-corrected chi connectivity index (χ1v) is 9.58. The van der Waals surface area contributed by atoms with Gasteiger partial charge in [-0.15, -0.1) is 0 Å². The zero-order valence-corrected chi connectivity index (χ0v) is 16.2. The van der Waals surface area contributed by atoms with Crippen molar-refractivity contribution in [3.8, 4) is 0 Å². The van der Waals surface area contributed by atoms with Crippen molar-refractivity contribution in [3.63, 3.8) is 0 Å². The van der Waals surface area contributed by atoms with Crippen LogP contribution in [0.2, 0.25) is 5.02 Å². The van der Waals surface area contributed by atoms with Gasteiger partial charge in [0, 0.05) is 36.7 Å². The van der Waals surface area contributed by atoms with Gasteiger partial charge in [0.15, 0.2) is 5.96 Å². The molecular weight excluding hydrogens is 354 g/mol. The zero-order valence-electron chi connectivity index (χ0n) is 15.5. The van der Waals surface area contributed by atoms with Gasteiger partial charge in [-0.1, -0.05) is 23.7 Å². The van der Waals surface area contributed by atoms with Crippen LogP contribution >= 0.6 is 11.6 Å². The lowest BCUT2D eigenvalue weighted by atomic mass is 9.84. The van der Waals surface area contributed by atoms with Crippen molar-refractivity contribution in [3.05, 3.63) is 34.9 Å². The number of aliphatic hydroxyl groups excluding tert-OH is 1. The fourth-order valence-corrected chi connectivity index (χ4v) is 3.01. The maximum atomic E-state index is 9.31. The smallest absolute Gasteiger partial charge is 0.191 e. The van der Waals surface area contributed by atoms with Crippen molar-refractivity contribution in [1.29, 1.82) is 0 Å². The molecule has 0 radical (unpaired) electrons. The summed E-state index contributed by atoms with van der Waals surface area (Å²) in [5, 5.41) is 16.6. The summed E-state index contributed by atoms with van der Waals surface area (Å²) in [4.78, 5) is 4.68. The summed E-state index contributed by atoms with van der Waals surface area (Å²) in [6.45, 7) is 6.87. The van der Waals surface area contributed by atoms with Gasteiger partial charge in [0.05, 0.1) is 26.4 Å². The molecule has 146 valence electrons. The van der Waals surface area contributed by atoms with Crippen molar-refractivity contribution in [2.24, 2.45) is 10.4 Å². The summed E-state index contributed by atoms with van der Waals surface area (Å²) in [5.74, 6) is 0.770. The second kappa shape index (κ2) is 11.4. The van der Waals surface area contributed by atoms with Crippen LogP contribution < -0.4 is 10.6 Å². The maximum Gasteiger partial charge on any atom is 0.191 e. The molecule has 1 aliphatic heterocycles. The molecule has 0 spiro atoms. The summed E-state index contributed by atoms with van der Waals surface area (Å²) < 4.78 is 11.2. The van der Waals surface area contributed by atoms with E-state index in [0.717, 1.165) is 42.5 Å². The summed E-state index contributed by atoms with van der Waals surface area (Å²) in [6.07, 6.45) is 1.67. The Labute approximate surface area is 160 Å². The van der Waals surface area contributed by atoms with Crippen LogP contribution in [0.25, 0.3) is 0 Å². The zero-order chi connectivity index (χ0) is 18.7. The highest BCUT2D eigenvalue weighted by atomic mass is 35.5. The van der Waals surface area contributed by atoms with Gasteiger partial charge in [-0.2, -0.15) is 0 Å². The third-order valence-electron chi connectivity index (χ3n) is 4.46. The Hall–Kier alpha value is -1.34. The first-order valence-electron chi connectivity index (χ1n) is 9.20. The molecule has 1 aromatic carbocycles. The first kappa shape index (κ1) is 21.0. The summed E-state index contributed by atoms with van der Waals surface area (Å²) in [7, 11) is 0. The largest absolute Gasteiger partial charge is 0.396 e. The van der Waals surface area contributed by atoms with Gasteiger partial charge in [0.25, 0.3) is 0 Å². The number of benzene rings is 1. The Morgan fingerprint density at radius 1 is 1.35 bits per heavy atom. The number of halogens is 1. The number of rotatable bonds is 10. The number of nitrogens with zero attached hydrogens (tertiary/aromatic N) is 1. The standard InChI is InChI=1S/C19H30ClN3O3/c1-2-21-18(23-14-19(7-10-24)8-11-26-15-19)22-9-12-25-13-16-3-5-17(20)6-4-16/h3-6,24H,2,7-15H2,1H3,(H2,21,22,23). The highest BCUT2D eigenvalue weighted by Crippen LogP contribution is 2.32. The van der Waals surface area contributed by atoms with E-state index in [2.05, 4.69) is 15.6 Å². The molecule has 0 saturated carbocycles. The third-order valence-corrected chi connectivity index (χ3v) is 4.72. The monoisotopic (exact) mass is 383 g/mol. The number of aliphatic imine (C=N–C) groups is 1. The van der Waals surface area contributed by atoms with E-state index in [1.165, 1.54) is 0 Å². The minimum absolute atomic E-state index is 0.0395. The molecular formula is C19H30ClN3O3. The van der Waals surface area contributed by atoms with Crippen molar-refractivity contribution in [2.75, 3.05) is 46.1 Å². The molecule has 1 aliphatic rings. The van der Waals surface area contributed by atoms with Gasteiger partial charge >= 0.3 is 0 Å². The SMILES string of the molecule is CCNC(=NCC1(CCO)CCOC1)NCCOCc1ccc(Cl)cc1. The van der Waals surface area contributed by atoms with Crippen LogP contribution in [0.4, 0.5) is 0 Å². The average Bonchev–Trinajstić information content (AvgIpc) is 3.10. The van der Waals surface area contributed by atoms with E-state index >= 15 is 0 Å². The van der Waals surface area contributed by atoms with E-state index in [9.17, 15) is 5.11 Å². The Kier molecular flexibility index (Phi) is 9.18. The molecule has 1 saturated heterocycles. The van der Waals surface area contributed by atoms with Crippen molar-refractivity contribution >= 4 is 17.6 Å². The highest BCUT2D eigenvalue weighted by Gasteiger charge is 2.34. The van der Waals surface area contributed by atoms with Gasteiger partial charge < -0.3 is 25.2 Å². The van der Waals surface area contributed by atoms with Gasteiger partial charge in [-0.05, 0) is 37.5 Å². The number of nitrogens with one attached hydrogen (secondary N) is 2. The maximum absolute atomic E-state index is 9.31. The van der Waals surface area contributed by atoms with Crippen molar-refractivity contribution < 1.29 is 14.6 Å². The van der Waals surface area contributed by atoms with E-state index in [-0.39, 0.29) is 12.0 Å². The lowest BCUT2D eigenvalue weighted by Crippen LogP contribution is -2.40. The number of guanidine groups is 1. The summed E-state index contributed by atoms with van der Waals surface area (Å²) >= 11 is 5.87. The predicted octanol–water partition coefficient (Wildman–Crippen LogP) is 2.20. The quantitative estimate of drug-likeness (QED) is 0.328. The van der Waals surface area contributed by atoms with Crippen LogP contribution in [0, 0.1) is 5.41 Å². The average molecular weight is 384 g/mol. The van der Waals surface area contributed by atoms with Crippen LogP contribution in [0.5, 0.6) is 0 Å². The van der Waals surface area contributed by atoms with Gasteiger partial charge in [0.1, 0.15) is 0 Å². The van der Waals surface area contributed by atoms with Crippen molar-refractivity contribution in [2.45, 2.75) is 26.4 Å². The van der Waals surface area contributed by atoms with Crippen LogP contribution in [0.3, 0.4) is 0 Å². The van der Waals surface area contributed by atoms with Crippen LogP contribution in [-0.2, 0) is 16.1 Å². The van der Waals surface area contributed by atoms with E-state index in [1.54, 1.807) is 0 Å². The highest BCUT2D eigenvalue weighted by molar-refractivity contribution is 6.30. The molecule has 1 fully saturated rings. The Morgan fingerprint density at radius 2 is 2.15 bits per heavy atom. The second-order valence-corrected chi connectivity index (χ2v) is 7.01. The molecule has 1 atom stereocenters. The fraction of sp³-hybridized carbons (Fsp3) is 0.632. The van der Waals surface area contributed by atoms with E-state index in [0.29, 0.717) is 32.9 Å². The van der Waals surface area contributed by atoms with E-state index in [4.69, 9.17) is 21.1 Å². The molecule has 0 aromatic heterocycles. The lowest BCUT2D eigenvalue weighted by Gasteiger charge is -2.24. The topological polar surface area (TPSA) is 75.1 Å². The number of aliphatic hydroxyl groups is 1. The van der Waals surface area contributed by atoms with Crippen molar-refractivity contribution in [1.82, 2.24) is 10.6 Å². The molecule has 3 N–H and O–H groups in total. The van der Waals surface area contributed by atoms with Crippen LogP contribution in [0.1, 0.15) is 25.3 Å². The molecule has 1 aromatic rings. The molecule has 1 unspecified atom stereocenters. The Balaban J connectivity index is 1.73. The van der Waals surface area contributed by atoms with Crippen LogP contribution in [-0.4, -0.2) is 57.1 Å². The predicted molar refractivity (Wildman–Crippen MR) is 105 cm³/mol. The van der Waals surface area contributed by atoms with Crippen LogP contribution in [0.15, 0.2) is 29.3 Å². The normalized spacial score (nSPS) is 20.3. The lowest BCUT2D eigenvalue weighted by molar-refractivity contribution is 0.125. The molecule has 2 rings (SSSR count). The van der Waals surface area contributed by atoms with Gasteiger partial charge in [-0.25, -0.2) is 0 Å². The molecule has 1 heterocycles. The van der Waals surface area contributed by atoms with Gasteiger partial charge in [0.2, 0.25) is 0 Å². The first-order chi connectivity index (χ1) is 12.7. The summed E-state index contributed by atoms with van der Waals surface area (Å²) in [6, 6.07) is 7.66. The molecule has 0 aliphatic carbocycles. The van der Waals surface area contributed by atoms with E-state index < -0.39 is 0 Å². The molecule has 6 nitrogen and oxygen atoms in total. The Bertz CT molecular complexity index is 545. The Morgan fingerprint density at radius 3 is 2.81 bits per heavy atom. The molecule has 0 bridgehead atoms. The third kappa shape index (κ3) is 7.11. The summed E-state index contributed by atoms with van der Waals surface area (Å²) in [5.41, 5.74) is 1.06.